The molecule has 0 bridgehead atoms. The SMILES string of the molecule is Cc1cc(C(c2cc(C)cc(C(C)(C)C)c2OCl)c2sc(C)c(C)c2C)c(OCl)c(C(C)(C)C)c1. The molecule has 0 radical (unpaired) electrons. The Balaban J connectivity index is 2.54. The second kappa shape index (κ2) is 10.00. The Bertz CT molecular complexity index is 1170. The first-order valence-corrected chi connectivity index (χ1v) is 13.5. The molecule has 0 spiro atoms. The number of benzene rings is 2. The molecule has 0 N–H and O–H groups in total. The van der Waals surface area contributed by atoms with Crippen LogP contribution in [0.1, 0.15) is 102 Å². The molecule has 0 amide bonds. The number of hydrogen-bond acceptors (Lipinski definition) is 3. The Morgan fingerprint density at radius 2 is 1.06 bits per heavy atom. The van der Waals surface area contributed by atoms with E-state index in [1.807, 2.05) is 11.3 Å². The minimum Gasteiger partial charge on any atom is -0.385 e. The predicted molar refractivity (Wildman–Crippen MR) is 152 cm³/mol. The highest BCUT2D eigenvalue weighted by atomic mass is 35.5. The third-order valence-corrected chi connectivity index (χ3v) is 8.58. The van der Waals surface area contributed by atoms with Gasteiger partial charge in [-0.25, -0.2) is 0 Å². The summed E-state index contributed by atoms with van der Waals surface area (Å²) in [4.78, 5) is 2.55. The van der Waals surface area contributed by atoms with Gasteiger partial charge in [-0.05, 0) is 56.6 Å². The molecule has 0 aliphatic carbocycles. The Morgan fingerprint density at radius 3 is 1.34 bits per heavy atom. The van der Waals surface area contributed by atoms with Crippen molar-refractivity contribution >= 4 is 35.1 Å². The van der Waals surface area contributed by atoms with Crippen LogP contribution in [0, 0.1) is 34.6 Å². The summed E-state index contributed by atoms with van der Waals surface area (Å²) in [6.07, 6.45) is 0. The van der Waals surface area contributed by atoms with E-state index in [0.717, 1.165) is 33.4 Å². The van der Waals surface area contributed by atoms with Crippen LogP contribution in [0.2, 0.25) is 0 Å². The average Bonchev–Trinajstić information content (AvgIpc) is 2.99. The van der Waals surface area contributed by atoms with Crippen LogP contribution in [0.25, 0.3) is 0 Å². The van der Waals surface area contributed by atoms with Crippen molar-refractivity contribution in [1.29, 1.82) is 0 Å². The molecule has 3 aromatic rings. The van der Waals surface area contributed by atoms with Crippen LogP contribution >= 0.6 is 35.1 Å². The normalized spacial score (nSPS) is 12.4. The van der Waals surface area contributed by atoms with Gasteiger partial charge in [-0.15, -0.1) is 11.3 Å². The number of halogens is 2. The Labute approximate surface area is 225 Å². The second-order valence-corrected chi connectivity index (χ2v) is 13.4. The van der Waals surface area contributed by atoms with Gasteiger partial charge in [0.2, 0.25) is 0 Å². The molecule has 2 aromatic carbocycles. The summed E-state index contributed by atoms with van der Waals surface area (Å²) in [6.45, 7) is 23.9. The summed E-state index contributed by atoms with van der Waals surface area (Å²) in [6, 6.07) is 8.73. The van der Waals surface area contributed by atoms with Crippen LogP contribution in [0.5, 0.6) is 11.5 Å². The largest absolute Gasteiger partial charge is 0.385 e. The van der Waals surface area contributed by atoms with E-state index in [0.29, 0.717) is 11.5 Å². The van der Waals surface area contributed by atoms with Crippen LogP contribution in [-0.2, 0) is 10.8 Å². The van der Waals surface area contributed by atoms with E-state index < -0.39 is 0 Å². The van der Waals surface area contributed by atoms with Gasteiger partial charge in [0.25, 0.3) is 0 Å². The first kappa shape index (κ1) is 27.9. The number of hydrogen-bond donors (Lipinski definition) is 0. The molecule has 0 saturated heterocycles. The minimum absolute atomic E-state index is 0.152. The molecule has 0 unspecified atom stereocenters. The van der Waals surface area contributed by atoms with Crippen LogP contribution in [-0.4, -0.2) is 0 Å². The highest BCUT2D eigenvalue weighted by Gasteiger charge is 2.34. The van der Waals surface area contributed by atoms with Crippen molar-refractivity contribution < 1.29 is 8.58 Å². The summed E-state index contributed by atoms with van der Waals surface area (Å²) in [5, 5.41) is 0. The molecule has 0 aliphatic rings. The fourth-order valence-electron chi connectivity index (χ4n) is 4.81. The monoisotopic (exact) mass is 532 g/mol. The zero-order chi connectivity index (χ0) is 26.5. The third kappa shape index (κ3) is 5.38. The molecular formula is C30H38Cl2O2S. The van der Waals surface area contributed by atoms with Crippen molar-refractivity contribution in [3.8, 4) is 11.5 Å². The smallest absolute Gasteiger partial charge is 0.154 e. The predicted octanol–water partition coefficient (Wildman–Crippen LogP) is 10.1. The molecular weight excluding hydrogens is 495 g/mol. The van der Waals surface area contributed by atoms with Crippen molar-refractivity contribution in [1.82, 2.24) is 0 Å². The van der Waals surface area contributed by atoms with Crippen LogP contribution in [0.15, 0.2) is 24.3 Å². The number of aryl methyl sites for hydroxylation is 3. The maximum absolute atomic E-state index is 6.25. The second-order valence-electron chi connectivity index (χ2n) is 11.8. The van der Waals surface area contributed by atoms with Crippen LogP contribution in [0.4, 0.5) is 0 Å². The lowest BCUT2D eigenvalue weighted by Crippen LogP contribution is -2.17. The molecule has 35 heavy (non-hydrogen) atoms. The summed E-state index contributed by atoms with van der Waals surface area (Å²) < 4.78 is 11.3. The fourth-order valence-corrected chi connectivity index (χ4v) is 6.47. The van der Waals surface area contributed by atoms with E-state index in [4.69, 9.17) is 32.3 Å². The maximum atomic E-state index is 6.25. The molecule has 190 valence electrons. The third-order valence-electron chi connectivity index (χ3n) is 6.90. The first-order valence-electron chi connectivity index (χ1n) is 12.1. The number of thiophene rings is 1. The zero-order valence-electron chi connectivity index (χ0n) is 22.9. The first-order chi connectivity index (χ1) is 16.1. The topological polar surface area (TPSA) is 18.5 Å². The fraction of sp³-hybridized carbons (Fsp3) is 0.467. The molecule has 1 aromatic heterocycles. The van der Waals surface area contributed by atoms with E-state index in [1.165, 1.54) is 20.9 Å². The van der Waals surface area contributed by atoms with Gasteiger partial charge >= 0.3 is 0 Å². The van der Waals surface area contributed by atoms with Gasteiger partial charge in [0.15, 0.2) is 11.5 Å². The van der Waals surface area contributed by atoms with E-state index >= 15 is 0 Å². The molecule has 1 heterocycles. The molecule has 5 heteroatoms. The molecule has 3 rings (SSSR count). The zero-order valence-corrected chi connectivity index (χ0v) is 25.2. The van der Waals surface area contributed by atoms with Gasteiger partial charge in [0, 0.05) is 32.0 Å². The highest BCUT2D eigenvalue weighted by molar-refractivity contribution is 7.12. The van der Waals surface area contributed by atoms with Gasteiger partial charge in [-0.2, -0.15) is 0 Å². The molecule has 0 atom stereocenters. The average molecular weight is 534 g/mol. The van der Waals surface area contributed by atoms with Gasteiger partial charge in [-0.1, -0.05) is 76.9 Å². The summed E-state index contributed by atoms with van der Waals surface area (Å²) in [7, 11) is 0. The summed E-state index contributed by atoms with van der Waals surface area (Å²) >= 11 is 14.3. The van der Waals surface area contributed by atoms with Crippen molar-refractivity contribution in [2.24, 2.45) is 0 Å². The van der Waals surface area contributed by atoms with E-state index in [1.54, 1.807) is 0 Å². The molecule has 0 fully saturated rings. The van der Waals surface area contributed by atoms with Gasteiger partial charge < -0.3 is 8.58 Å². The van der Waals surface area contributed by atoms with Gasteiger partial charge in [-0.3, -0.25) is 0 Å². The lowest BCUT2D eigenvalue weighted by molar-refractivity contribution is 0.522. The standard InChI is InChI=1S/C30H38Cl2O2S/c1-16-12-21(26(33-31)23(14-16)29(6,7)8)25(28-19(4)18(3)20(5)35-28)22-13-17(2)15-24(27(22)34-32)30(9,10)11/h12-15,25H,1-11H3. The lowest BCUT2D eigenvalue weighted by atomic mass is 9.77. The number of rotatable bonds is 5. The van der Waals surface area contributed by atoms with Crippen LogP contribution in [0.3, 0.4) is 0 Å². The van der Waals surface area contributed by atoms with Crippen molar-refractivity contribution in [3.63, 3.8) is 0 Å². The quantitative estimate of drug-likeness (QED) is 0.325. The van der Waals surface area contributed by atoms with Crippen molar-refractivity contribution in [2.45, 2.75) is 92.9 Å². The lowest BCUT2D eigenvalue weighted by Gasteiger charge is -2.30. The highest BCUT2D eigenvalue weighted by Crippen LogP contribution is 2.51. The van der Waals surface area contributed by atoms with E-state index in [2.05, 4.69) is 100 Å². The Kier molecular flexibility index (Phi) is 7.97. The molecule has 0 aliphatic heterocycles. The summed E-state index contributed by atoms with van der Waals surface area (Å²) in [5.41, 5.74) is 8.80. The van der Waals surface area contributed by atoms with Gasteiger partial charge in [0.1, 0.15) is 23.7 Å². The van der Waals surface area contributed by atoms with Crippen LogP contribution < -0.4 is 8.58 Å². The van der Waals surface area contributed by atoms with Crippen molar-refractivity contribution in [3.05, 3.63) is 78.5 Å². The molecule has 0 saturated carbocycles. The minimum atomic E-state index is -0.156. The van der Waals surface area contributed by atoms with E-state index in [9.17, 15) is 0 Å². The summed E-state index contributed by atoms with van der Waals surface area (Å²) in [5.74, 6) is 1.26. The van der Waals surface area contributed by atoms with Gasteiger partial charge in [0.05, 0.1) is 5.92 Å². The molecule has 2 nitrogen and oxygen atoms in total. The van der Waals surface area contributed by atoms with Crippen molar-refractivity contribution in [2.75, 3.05) is 0 Å². The Morgan fingerprint density at radius 1 is 0.657 bits per heavy atom. The maximum Gasteiger partial charge on any atom is 0.154 e. The Hall–Kier alpha value is -1.68. The van der Waals surface area contributed by atoms with E-state index in [-0.39, 0.29) is 16.7 Å².